The highest BCUT2D eigenvalue weighted by molar-refractivity contribution is 5.68. The van der Waals surface area contributed by atoms with Gasteiger partial charge in [-0.1, -0.05) is 36.4 Å². The number of piperidine rings is 1. The maximum Gasteiger partial charge on any atom is 0.410 e. The number of halogens is 1. The van der Waals surface area contributed by atoms with E-state index in [1.54, 1.807) is 4.90 Å². The fourth-order valence-corrected chi connectivity index (χ4v) is 4.44. The van der Waals surface area contributed by atoms with E-state index in [1.165, 1.54) is 17.7 Å². The van der Waals surface area contributed by atoms with Crippen molar-refractivity contribution < 1.29 is 18.7 Å². The fourth-order valence-electron chi connectivity index (χ4n) is 4.44. The summed E-state index contributed by atoms with van der Waals surface area (Å²) in [4.78, 5) is 14.1. The number of likely N-dealkylation sites (tertiary alicyclic amines) is 1. The van der Waals surface area contributed by atoms with Crippen LogP contribution in [0.4, 0.5) is 9.18 Å². The molecule has 2 fully saturated rings. The number of amides is 1. The van der Waals surface area contributed by atoms with Gasteiger partial charge in [-0.25, -0.2) is 9.18 Å². The predicted molar refractivity (Wildman–Crippen MR) is 115 cm³/mol. The van der Waals surface area contributed by atoms with Crippen LogP contribution in [0.25, 0.3) is 11.1 Å². The van der Waals surface area contributed by atoms with Crippen molar-refractivity contribution in [3.63, 3.8) is 0 Å². The van der Waals surface area contributed by atoms with Crippen molar-refractivity contribution in [2.45, 2.75) is 57.2 Å². The number of benzene rings is 2. The van der Waals surface area contributed by atoms with E-state index in [2.05, 4.69) is 24.3 Å². The van der Waals surface area contributed by atoms with Crippen LogP contribution in [0.5, 0.6) is 0 Å². The Kier molecular flexibility index (Phi) is 5.58. The van der Waals surface area contributed by atoms with E-state index in [0.29, 0.717) is 25.6 Å². The first-order chi connectivity index (χ1) is 14.2. The van der Waals surface area contributed by atoms with Gasteiger partial charge >= 0.3 is 6.09 Å². The van der Waals surface area contributed by atoms with Crippen molar-refractivity contribution in [1.82, 2.24) is 4.90 Å². The number of hydrogen-bond acceptors (Lipinski definition) is 3. The SMILES string of the molecule is CC(C)(C)OC(=O)N1CCC2(CC1)C[C@H](c1cccc(-c3ccc(F)cc3)c1)CO2. The molecule has 2 aromatic carbocycles. The second-order valence-corrected chi connectivity index (χ2v) is 9.49. The molecule has 1 atom stereocenters. The summed E-state index contributed by atoms with van der Waals surface area (Å²) in [5, 5.41) is 0. The molecule has 0 aliphatic carbocycles. The van der Waals surface area contributed by atoms with Gasteiger partial charge in [0.25, 0.3) is 0 Å². The van der Waals surface area contributed by atoms with Gasteiger partial charge in [-0.15, -0.1) is 0 Å². The molecule has 2 aliphatic heterocycles. The molecule has 4 nitrogen and oxygen atoms in total. The number of hydrogen-bond donors (Lipinski definition) is 0. The summed E-state index contributed by atoms with van der Waals surface area (Å²) in [6, 6.07) is 15.1. The lowest BCUT2D eigenvalue weighted by atomic mass is 9.83. The maximum atomic E-state index is 13.2. The zero-order valence-corrected chi connectivity index (χ0v) is 18.0. The Morgan fingerprint density at radius 2 is 1.80 bits per heavy atom. The van der Waals surface area contributed by atoms with Crippen LogP contribution in [0.3, 0.4) is 0 Å². The second kappa shape index (κ2) is 8.03. The van der Waals surface area contributed by atoms with Crippen LogP contribution in [0.15, 0.2) is 48.5 Å². The molecule has 160 valence electrons. The van der Waals surface area contributed by atoms with Crippen molar-refractivity contribution in [2.75, 3.05) is 19.7 Å². The highest BCUT2D eigenvalue weighted by Gasteiger charge is 2.44. The molecule has 1 spiro atoms. The van der Waals surface area contributed by atoms with Crippen molar-refractivity contribution in [3.8, 4) is 11.1 Å². The Morgan fingerprint density at radius 1 is 1.10 bits per heavy atom. The van der Waals surface area contributed by atoms with E-state index in [1.807, 2.05) is 32.9 Å². The Hall–Kier alpha value is -2.40. The van der Waals surface area contributed by atoms with E-state index in [9.17, 15) is 9.18 Å². The minimum absolute atomic E-state index is 0.158. The Balaban J connectivity index is 1.40. The molecule has 1 amide bonds. The van der Waals surface area contributed by atoms with E-state index < -0.39 is 5.60 Å². The first-order valence-electron chi connectivity index (χ1n) is 10.7. The third-order valence-corrected chi connectivity index (χ3v) is 6.07. The summed E-state index contributed by atoms with van der Waals surface area (Å²) in [6.07, 6.45) is 2.39. The van der Waals surface area contributed by atoms with Crippen LogP contribution in [0.1, 0.15) is 51.5 Å². The van der Waals surface area contributed by atoms with Gasteiger partial charge in [0.1, 0.15) is 11.4 Å². The molecular weight excluding hydrogens is 381 g/mol. The van der Waals surface area contributed by atoms with Crippen LogP contribution < -0.4 is 0 Å². The third-order valence-electron chi connectivity index (χ3n) is 6.07. The van der Waals surface area contributed by atoms with Gasteiger partial charge in [-0.05, 0) is 68.9 Å². The highest BCUT2D eigenvalue weighted by Crippen LogP contribution is 2.43. The lowest BCUT2D eigenvalue weighted by Gasteiger charge is -2.39. The van der Waals surface area contributed by atoms with Gasteiger partial charge < -0.3 is 14.4 Å². The quantitative estimate of drug-likeness (QED) is 0.630. The number of carbonyl (C=O) groups is 1. The summed E-state index contributed by atoms with van der Waals surface area (Å²) in [6.45, 7) is 7.69. The molecule has 4 rings (SSSR count). The predicted octanol–water partition coefficient (Wildman–Crippen LogP) is 5.77. The Labute approximate surface area is 178 Å². The van der Waals surface area contributed by atoms with E-state index in [-0.39, 0.29) is 17.5 Å². The molecule has 2 aliphatic rings. The molecule has 0 aromatic heterocycles. The van der Waals surface area contributed by atoms with Gasteiger partial charge in [-0.2, -0.15) is 0 Å². The molecule has 2 heterocycles. The minimum Gasteiger partial charge on any atom is -0.444 e. The lowest BCUT2D eigenvalue weighted by Crippen LogP contribution is -2.47. The first kappa shape index (κ1) is 20.9. The number of nitrogens with zero attached hydrogens (tertiary/aromatic N) is 1. The molecular formula is C25H30FNO3. The number of carbonyl (C=O) groups excluding carboxylic acids is 1. The van der Waals surface area contributed by atoms with Gasteiger partial charge in [0.2, 0.25) is 0 Å². The highest BCUT2D eigenvalue weighted by atomic mass is 19.1. The van der Waals surface area contributed by atoms with E-state index in [0.717, 1.165) is 30.4 Å². The molecule has 0 bridgehead atoms. The molecule has 0 N–H and O–H groups in total. The molecule has 0 saturated carbocycles. The van der Waals surface area contributed by atoms with Gasteiger partial charge in [0, 0.05) is 19.0 Å². The topological polar surface area (TPSA) is 38.8 Å². The van der Waals surface area contributed by atoms with Crippen LogP contribution >= 0.6 is 0 Å². The van der Waals surface area contributed by atoms with Gasteiger partial charge in [0.15, 0.2) is 0 Å². The average molecular weight is 412 g/mol. The summed E-state index contributed by atoms with van der Waals surface area (Å²) in [5.74, 6) is 0.109. The van der Waals surface area contributed by atoms with Crippen molar-refractivity contribution in [3.05, 3.63) is 59.9 Å². The Bertz CT molecular complexity index is 895. The molecule has 2 aromatic rings. The second-order valence-electron chi connectivity index (χ2n) is 9.49. The monoisotopic (exact) mass is 411 g/mol. The summed E-state index contributed by atoms with van der Waals surface area (Å²) >= 11 is 0. The minimum atomic E-state index is -0.475. The standard InChI is InChI=1S/C25H30FNO3/c1-24(2,3)30-23(28)27-13-11-25(12-14-27)16-21(17-29-25)20-6-4-5-19(15-20)18-7-9-22(26)10-8-18/h4-10,15,21H,11-14,16-17H2,1-3H3/t21-/m0/s1. The summed E-state index contributed by atoms with van der Waals surface area (Å²) in [5.41, 5.74) is 2.72. The normalized spacial score (nSPS) is 21.1. The van der Waals surface area contributed by atoms with Crippen LogP contribution in [0.2, 0.25) is 0 Å². The average Bonchev–Trinajstić information content (AvgIpc) is 3.11. The van der Waals surface area contributed by atoms with Gasteiger partial charge in [0.05, 0.1) is 12.2 Å². The van der Waals surface area contributed by atoms with Crippen molar-refractivity contribution in [1.29, 1.82) is 0 Å². The third kappa shape index (κ3) is 4.67. The molecule has 0 radical (unpaired) electrons. The first-order valence-corrected chi connectivity index (χ1v) is 10.7. The zero-order chi connectivity index (χ0) is 21.4. The van der Waals surface area contributed by atoms with Crippen LogP contribution in [-0.2, 0) is 9.47 Å². The van der Waals surface area contributed by atoms with Gasteiger partial charge in [-0.3, -0.25) is 0 Å². The smallest absolute Gasteiger partial charge is 0.410 e. The zero-order valence-electron chi connectivity index (χ0n) is 18.0. The van der Waals surface area contributed by atoms with Crippen molar-refractivity contribution >= 4 is 6.09 Å². The maximum absolute atomic E-state index is 13.2. The molecule has 30 heavy (non-hydrogen) atoms. The molecule has 0 unspecified atom stereocenters. The fraction of sp³-hybridized carbons (Fsp3) is 0.480. The lowest BCUT2D eigenvalue weighted by molar-refractivity contribution is -0.0485. The van der Waals surface area contributed by atoms with E-state index >= 15 is 0 Å². The van der Waals surface area contributed by atoms with E-state index in [4.69, 9.17) is 9.47 Å². The number of rotatable bonds is 2. The Morgan fingerprint density at radius 3 is 2.47 bits per heavy atom. The van der Waals surface area contributed by atoms with Crippen LogP contribution in [0, 0.1) is 5.82 Å². The molecule has 5 heteroatoms. The largest absolute Gasteiger partial charge is 0.444 e. The van der Waals surface area contributed by atoms with Crippen LogP contribution in [-0.4, -0.2) is 41.9 Å². The molecule has 2 saturated heterocycles. The van der Waals surface area contributed by atoms with Crippen molar-refractivity contribution in [2.24, 2.45) is 0 Å². The number of ether oxygens (including phenoxy) is 2. The summed E-state index contributed by atoms with van der Waals surface area (Å²) in [7, 11) is 0. The summed E-state index contributed by atoms with van der Waals surface area (Å²) < 4.78 is 25.1.